The van der Waals surface area contributed by atoms with Gasteiger partial charge < -0.3 is 15.6 Å². The van der Waals surface area contributed by atoms with Crippen LogP contribution in [-0.2, 0) is 20.5 Å². The van der Waals surface area contributed by atoms with Gasteiger partial charge in [0.1, 0.15) is 0 Å². The van der Waals surface area contributed by atoms with Crippen molar-refractivity contribution < 1.29 is 18.3 Å². The Hall–Kier alpha value is -1.15. The van der Waals surface area contributed by atoms with Crippen molar-refractivity contribution >= 4 is 15.7 Å². The zero-order chi connectivity index (χ0) is 14.1. The minimum Gasteiger partial charge on any atom is -0.399 e. The van der Waals surface area contributed by atoms with Crippen molar-refractivity contribution in [1.29, 1.82) is 0 Å². The molecule has 4 N–H and O–H groups in total. The number of nitrogens with one attached hydrogen (secondary N) is 1. The molecule has 0 amide bonds. The van der Waals surface area contributed by atoms with E-state index < -0.39 is 10.0 Å². The summed E-state index contributed by atoms with van der Waals surface area (Å²) in [4.78, 5) is 0. The first-order chi connectivity index (χ1) is 9.03. The maximum Gasteiger partial charge on any atom is 0.215 e. The van der Waals surface area contributed by atoms with Crippen molar-refractivity contribution in [3.05, 3.63) is 29.8 Å². The van der Waals surface area contributed by atoms with Crippen LogP contribution in [0.3, 0.4) is 0 Å². The van der Waals surface area contributed by atoms with Crippen molar-refractivity contribution in [1.82, 2.24) is 4.72 Å². The molecular weight excluding hydrogens is 268 g/mol. The Morgan fingerprint density at radius 3 is 2.53 bits per heavy atom. The van der Waals surface area contributed by atoms with E-state index in [0.29, 0.717) is 30.8 Å². The molecule has 1 aromatic rings. The molecule has 0 unspecified atom stereocenters. The maximum atomic E-state index is 11.8. The van der Waals surface area contributed by atoms with Gasteiger partial charge in [-0.15, -0.1) is 0 Å². The van der Waals surface area contributed by atoms with Crippen LogP contribution >= 0.6 is 0 Å². The molecule has 108 valence electrons. The van der Waals surface area contributed by atoms with E-state index in [-0.39, 0.29) is 19.0 Å². The predicted octanol–water partition coefficient (Wildman–Crippen LogP) is 0.0872. The maximum absolute atomic E-state index is 11.8. The molecule has 1 aromatic carbocycles. The molecule has 0 aliphatic heterocycles. The summed E-state index contributed by atoms with van der Waals surface area (Å²) in [5.74, 6) is -0.0647. The minimum atomic E-state index is -3.34. The fraction of sp³-hybridized carbons (Fsp3) is 0.500. The molecule has 0 aliphatic rings. The Balaban J connectivity index is 2.30. The molecule has 0 atom stereocenters. The van der Waals surface area contributed by atoms with Gasteiger partial charge in [0, 0.05) is 18.8 Å². The number of aliphatic hydroxyl groups is 1. The summed E-state index contributed by atoms with van der Waals surface area (Å²) < 4.78 is 31.0. The first kappa shape index (κ1) is 15.9. The zero-order valence-electron chi connectivity index (χ0n) is 10.7. The fourth-order valence-electron chi connectivity index (χ4n) is 1.45. The average molecular weight is 288 g/mol. The van der Waals surface area contributed by atoms with Gasteiger partial charge in [-0.1, -0.05) is 12.1 Å². The zero-order valence-corrected chi connectivity index (χ0v) is 11.5. The van der Waals surface area contributed by atoms with Crippen LogP contribution in [0.2, 0.25) is 0 Å². The molecule has 0 aromatic heterocycles. The molecule has 0 bridgehead atoms. The van der Waals surface area contributed by atoms with Gasteiger partial charge in [-0.25, -0.2) is 13.1 Å². The van der Waals surface area contributed by atoms with Crippen molar-refractivity contribution in [2.75, 3.05) is 32.1 Å². The van der Waals surface area contributed by atoms with E-state index in [2.05, 4.69) is 4.72 Å². The topological polar surface area (TPSA) is 102 Å². The lowest BCUT2D eigenvalue weighted by atomic mass is 10.2. The van der Waals surface area contributed by atoms with Crippen molar-refractivity contribution in [3.63, 3.8) is 0 Å². The normalized spacial score (nSPS) is 11.6. The van der Waals surface area contributed by atoms with E-state index in [4.69, 9.17) is 15.6 Å². The Morgan fingerprint density at radius 1 is 1.21 bits per heavy atom. The van der Waals surface area contributed by atoms with Gasteiger partial charge in [0.25, 0.3) is 0 Å². The van der Waals surface area contributed by atoms with Gasteiger partial charge >= 0.3 is 0 Å². The van der Waals surface area contributed by atoms with Crippen LogP contribution in [-0.4, -0.2) is 39.9 Å². The highest BCUT2D eigenvalue weighted by atomic mass is 32.2. The van der Waals surface area contributed by atoms with Gasteiger partial charge in [-0.3, -0.25) is 0 Å². The summed E-state index contributed by atoms with van der Waals surface area (Å²) in [6.07, 6.45) is 0.570. The van der Waals surface area contributed by atoms with Crippen LogP contribution in [0.4, 0.5) is 5.69 Å². The second kappa shape index (κ2) is 8.11. The quantitative estimate of drug-likeness (QED) is 0.441. The molecule has 0 radical (unpaired) electrons. The molecule has 0 aliphatic carbocycles. The van der Waals surface area contributed by atoms with Crippen LogP contribution in [0, 0.1) is 0 Å². The predicted molar refractivity (Wildman–Crippen MR) is 74.0 cm³/mol. The second-order valence-electron chi connectivity index (χ2n) is 4.08. The molecular formula is C12H20N2O4S. The molecule has 1 rings (SSSR count). The van der Waals surface area contributed by atoms with E-state index in [0.717, 1.165) is 0 Å². The second-order valence-corrected chi connectivity index (χ2v) is 5.89. The van der Waals surface area contributed by atoms with Crippen LogP contribution in [0.1, 0.15) is 12.0 Å². The lowest BCUT2D eigenvalue weighted by Gasteiger charge is -2.07. The molecule has 0 heterocycles. The summed E-state index contributed by atoms with van der Waals surface area (Å²) in [6, 6.07) is 6.74. The number of sulfonamides is 1. The van der Waals surface area contributed by atoms with Gasteiger partial charge in [0.15, 0.2) is 0 Å². The molecule has 0 saturated heterocycles. The Bertz CT molecular complexity index is 459. The number of ether oxygens (including phenoxy) is 1. The SMILES string of the molecule is Nc1ccc(CS(=O)(=O)NCCCOCCO)cc1. The number of hydrogen-bond donors (Lipinski definition) is 3. The van der Waals surface area contributed by atoms with Crippen LogP contribution in [0.5, 0.6) is 0 Å². The monoisotopic (exact) mass is 288 g/mol. The van der Waals surface area contributed by atoms with Crippen LogP contribution in [0.25, 0.3) is 0 Å². The molecule has 6 nitrogen and oxygen atoms in total. The molecule has 0 spiro atoms. The van der Waals surface area contributed by atoms with E-state index in [1.807, 2.05) is 0 Å². The van der Waals surface area contributed by atoms with E-state index in [9.17, 15) is 8.42 Å². The van der Waals surface area contributed by atoms with Crippen molar-refractivity contribution in [3.8, 4) is 0 Å². The smallest absolute Gasteiger partial charge is 0.215 e. The summed E-state index contributed by atoms with van der Waals surface area (Å²) in [5, 5.41) is 8.49. The van der Waals surface area contributed by atoms with Crippen LogP contribution in [0.15, 0.2) is 24.3 Å². The molecule has 19 heavy (non-hydrogen) atoms. The van der Waals surface area contributed by atoms with Gasteiger partial charge in [-0.05, 0) is 24.1 Å². The molecule has 0 fully saturated rings. The Morgan fingerprint density at radius 2 is 1.89 bits per heavy atom. The van der Waals surface area contributed by atoms with E-state index in [1.54, 1.807) is 24.3 Å². The average Bonchev–Trinajstić information content (AvgIpc) is 2.36. The lowest BCUT2D eigenvalue weighted by molar-refractivity contribution is 0.0913. The summed E-state index contributed by atoms with van der Waals surface area (Å²) in [5.41, 5.74) is 6.83. The van der Waals surface area contributed by atoms with Gasteiger partial charge in [0.2, 0.25) is 10.0 Å². The highest BCUT2D eigenvalue weighted by molar-refractivity contribution is 7.88. The first-order valence-corrected chi connectivity index (χ1v) is 7.69. The van der Waals surface area contributed by atoms with E-state index >= 15 is 0 Å². The number of benzene rings is 1. The summed E-state index contributed by atoms with van der Waals surface area (Å²) >= 11 is 0. The Kier molecular flexibility index (Phi) is 6.79. The van der Waals surface area contributed by atoms with Crippen molar-refractivity contribution in [2.45, 2.75) is 12.2 Å². The minimum absolute atomic E-state index is 0.0249. The molecule has 0 saturated carbocycles. The largest absolute Gasteiger partial charge is 0.399 e. The number of nitrogen functional groups attached to an aromatic ring is 1. The number of rotatable bonds is 9. The third kappa shape index (κ3) is 7.12. The lowest BCUT2D eigenvalue weighted by Crippen LogP contribution is -2.27. The summed E-state index contributed by atoms with van der Waals surface area (Å²) in [7, 11) is -3.34. The standard InChI is InChI=1S/C12H20N2O4S/c13-12-4-2-11(3-5-12)10-19(16,17)14-6-1-8-18-9-7-15/h2-5,14-15H,1,6-10,13H2. The van der Waals surface area contributed by atoms with Crippen molar-refractivity contribution in [2.24, 2.45) is 0 Å². The highest BCUT2D eigenvalue weighted by Crippen LogP contribution is 2.08. The third-order valence-corrected chi connectivity index (χ3v) is 3.72. The van der Waals surface area contributed by atoms with Gasteiger partial charge in [0.05, 0.1) is 19.0 Å². The highest BCUT2D eigenvalue weighted by Gasteiger charge is 2.10. The fourth-order valence-corrected chi connectivity index (χ4v) is 2.64. The molecule has 7 heteroatoms. The number of hydrogen-bond acceptors (Lipinski definition) is 5. The number of nitrogens with two attached hydrogens (primary N) is 1. The third-order valence-electron chi connectivity index (χ3n) is 2.36. The number of aliphatic hydroxyl groups excluding tert-OH is 1. The van der Waals surface area contributed by atoms with Crippen LogP contribution < -0.4 is 10.5 Å². The van der Waals surface area contributed by atoms with E-state index in [1.165, 1.54) is 0 Å². The first-order valence-electron chi connectivity index (χ1n) is 6.04. The summed E-state index contributed by atoms with van der Waals surface area (Å²) in [6.45, 7) is 0.995. The number of anilines is 1. The Labute approximate surface area is 113 Å². The van der Waals surface area contributed by atoms with Gasteiger partial charge in [-0.2, -0.15) is 0 Å².